The molecule has 4 atom stereocenters. The molecule has 0 aliphatic heterocycles. The van der Waals surface area contributed by atoms with E-state index in [4.69, 9.17) is 0 Å². The number of nitrogens with zero attached hydrogens (tertiary/aromatic N) is 1. The van der Waals surface area contributed by atoms with Crippen molar-refractivity contribution in [1.29, 1.82) is 0 Å². The monoisotopic (exact) mass is 292 g/mol. The average molecular weight is 292 g/mol. The Bertz CT molecular complexity index is 514. The van der Waals surface area contributed by atoms with E-state index in [1.54, 1.807) is 11.3 Å². The standard InChI is InChI=1S/C15H20N2O2S/c1-19-11(18)5-4-10-7-20-15(16-10)17-14-12-8-2-3-9(6-8)13(12)14/h7-9,12-14H,2-6H2,1H3,(H,16,17). The second-order valence-electron chi connectivity index (χ2n) is 6.38. The third-order valence-corrected chi connectivity index (χ3v) is 6.21. The number of hydrogen-bond acceptors (Lipinski definition) is 5. The molecule has 3 saturated carbocycles. The molecule has 0 aromatic carbocycles. The normalized spacial score (nSPS) is 36.8. The number of rotatable bonds is 5. The minimum Gasteiger partial charge on any atom is -0.469 e. The lowest BCUT2D eigenvalue weighted by atomic mass is 10.0. The van der Waals surface area contributed by atoms with Gasteiger partial charge in [0.25, 0.3) is 0 Å². The van der Waals surface area contributed by atoms with Crippen molar-refractivity contribution in [2.75, 3.05) is 12.4 Å². The molecule has 4 rings (SSSR count). The Balaban J connectivity index is 1.32. The molecule has 0 amide bonds. The summed E-state index contributed by atoms with van der Waals surface area (Å²) in [5.74, 6) is 3.66. The third-order valence-electron chi connectivity index (χ3n) is 5.39. The van der Waals surface area contributed by atoms with Crippen LogP contribution in [0.2, 0.25) is 0 Å². The predicted molar refractivity (Wildman–Crippen MR) is 77.7 cm³/mol. The molecule has 4 nitrogen and oxygen atoms in total. The number of aromatic nitrogens is 1. The molecule has 0 spiro atoms. The van der Waals surface area contributed by atoms with Crippen molar-refractivity contribution in [2.24, 2.45) is 23.7 Å². The number of thiazole rings is 1. The number of carbonyl (C=O) groups excluding carboxylic acids is 1. The zero-order valence-electron chi connectivity index (χ0n) is 11.7. The number of esters is 1. The van der Waals surface area contributed by atoms with Crippen LogP contribution < -0.4 is 5.32 Å². The lowest BCUT2D eigenvalue weighted by Gasteiger charge is -2.09. The number of nitrogens with one attached hydrogen (secondary N) is 1. The van der Waals surface area contributed by atoms with E-state index in [9.17, 15) is 4.79 Å². The lowest BCUT2D eigenvalue weighted by Crippen LogP contribution is -2.12. The van der Waals surface area contributed by atoms with Gasteiger partial charge in [0.1, 0.15) is 0 Å². The van der Waals surface area contributed by atoms with Crippen LogP contribution in [0.3, 0.4) is 0 Å². The second-order valence-corrected chi connectivity index (χ2v) is 7.24. The van der Waals surface area contributed by atoms with Crippen LogP contribution in [-0.2, 0) is 16.0 Å². The average Bonchev–Trinajstić information content (AvgIpc) is 2.88. The lowest BCUT2D eigenvalue weighted by molar-refractivity contribution is -0.140. The smallest absolute Gasteiger partial charge is 0.305 e. The van der Waals surface area contributed by atoms with Gasteiger partial charge < -0.3 is 10.1 Å². The van der Waals surface area contributed by atoms with Crippen LogP contribution in [0.25, 0.3) is 0 Å². The zero-order chi connectivity index (χ0) is 13.7. The second kappa shape index (κ2) is 4.72. The summed E-state index contributed by atoms with van der Waals surface area (Å²) in [7, 11) is 1.43. The van der Waals surface area contributed by atoms with Crippen LogP contribution in [0.1, 0.15) is 31.4 Å². The molecule has 108 valence electrons. The van der Waals surface area contributed by atoms with Crippen LogP contribution in [-0.4, -0.2) is 24.1 Å². The SMILES string of the molecule is COC(=O)CCc1csc(NC2C3C4CCC(C4)C23)n1. The number of fused-ring (bicyclic) bond motifs is 5. The van der Waals surface area contributed by atoms with Crippen molar-refractivity contribution >= 4 is 22.4 Å². The van der Waals surface area contributed by atoms with E-state index < -0.39 is 0 Å². The quantitative estimate of drug-likeness (QED) is 0.848. The fourth-order valence-electron chi connectivity index (χ4n) is 4.48. The fourth-order valence-corrected chi connectivity index (χ4v) is 5.27. The van der Waals surface area contributed by atoms with Gasteiger partial charge in [-0.25, -0.2) is 4.98 Å². The Morgan fingerprint density at radius 3 is 2.90 bits per heavy atom. The summed E-state index contributed by atoms with van der Waals surface area (Å²) in [6.07, 6.45) is 5.47. The molecular formula is C15H20N2O2S. The van der Waals surface area contributed by atoms with E-state index in [2.05, 4.69) is 20.4 Å². The van der Waals surface area contributed by atoms with Gasteiger partial charge >= 0.3 is 5.97 Å². The molecule has 1 aromatic heterocycles. The van der Waals surface area contributed by atoms with Gasteiger partial charge in [-0.3, -0.25) is 4.79 Å². The molecular weight excluding hydrogens is 272 g/mol. The van der Waals surface area contributed by atoms with Gasteiger partial charge in [-0.2, -0.15) is 0 Å². The predicted octanol–water partition coefficient (Wildman–Crippen LogP) is 2.71. The molecule has 2 bridgehead atoms. The van der Waals surface area contributed by atoms with Crippen LogP contribution >= 0.6 is 11.3 Å². The summed E-state index contributed by atoms with van der Waals surface area (Å²) in [4.78, 5) is 15.7. The van der Waals surface area contributed by atoms with Crippen LogP contribution in [0.5, 0.6) is 0 Å². The number of aryl methyl sites for hydroxylation is 1. The minimum absolute atomic E-state index is 0.166. The first-order valence-corrected chi connectivity index (χ1v) is 8.42. The van der Waals surface area contributed by atoms with Gasteiger partial charge in [-0.15, -0.1) is 11.3 Å². The highest BCUT2D eigenvalue weighted by molar-refractivity contribution is 7.13. The van der Waals surface area contributed by atoms with Gasteiger partial charge in [-0.05, 0) is 42.9 Å². The van der Waals surface area contributed by atoms with Crippen molar-refractivity contribution in [2.45, 2.75) is 38.1 Å². The number of anilines is 1. The van der Waals surface area contributed by atoms with E-state index in [0.717, 1.165) is 34.5 Å². The van der Waals surface area contributed by atoms with Crippen molar-refractivity contribution < 1.29 is 9.53 Å². The van der Waals surface area contributed by atoms with E-state index in [-0.39, 0.29) is 5.97 Å². The fraction of sp³-hybridized carbons (Fsp3) is 0.733. The molecule has 3 aliphatic rings. The summed E-state index contributed by atoms with van der Waals surface area (Å²) in [5.41, 5.74) is 0.997. The first-order valence-electron chi connectivity index (χ1n) is 7.54. The summed E-state index contributed by atoms with van der Waals surface area (Å²) < 4.78 is 4.66. The molecule has 0 radical (unpaired) electrons. The van der Waals surface area contributed by atoms with Crippen LogP contribution in [0.4, 0.5) is 5.13 Å². The van der Waals surface area contributed by atoms with Crippen molar-refractivity contribution in [3.63, 3.8) is 0 Å². The molecule has 3 fully saturated rings. The van der Waals surface area contributed by atoms with Gasteiger partial charge in [0.15, 0.2) is 5.13 Å². The highest BCUT2D eigenvalue weighted by Crippen LogP contribution is 2.66. The Morgan fingerprint density at radius 1 is 1.45 bits per heavy atom. The molecule has 1 heterocycles. The number of ether oxygens (including phenoxy) is 1. The zero-order valence-corrected chi connectivity index (χ0v) is 12.5. The molecule has 1 N–H and O–H groups in total. The summed E-state index contributed by atoms with van der Waals surface area (Å²) in [6.45, 7) is 0. The van der Waals surface area contributed by atoms with Crippen molar-refractivity contribution in [3.05, 3.63) is 11.1 Å². The van der Waals surface area contributed by atoms with Crippen LogP contribution in [0.15, 0.2) is 5.38 Å². The Labute approximate surface area is 122 Å². The van der Waals surface area contributed by atoms with E-state index >= 15 is 0 Å². The highest BCUT2D eigenvalue weighted by Gasteiger charge is 2.65. The highest BCUT2D eigenvalue weighted by atomic mass is 32.1. The van der Waals surface area contributed by atoms with Crippen molar-refractivity contribution in [3.8, 4) is 0 Å². The van der Waals surface area contributed by atoms with E-state index in [1.807, 2.05) is 0 Å². The van der Waals surface area contributed by atoms with E-state index in [1.165, 1.54) is 26.4 Å². The topological polar surface area (TPSA) is 51.2 Å². The number of methoxy groups -OCH3 is 1. The molecule has 4 unspecified atom stereocenters. The van der Waals surface area contributed by atoms with Gasteiger partial charge in [0.2, 0.25) is 0 Å². The van der Waals surface area contributed by atoms with Crippen molar-refractivity contribution in [1.82, 2.24) is 4.98 Å². The van der Waals surface area contributed by atoms with E-state index in [0.29, 0.717) is 18.9 Å². The van der Waals surface area contributed by atoms with Crippen LogP contribution in [0, 0.1) is 23.7 Å². The Morgan fingerprint density at radius 2 is 2.20 bits per heavy atom. The maximum Gasteiger partial charge on any atom is 0.305 e. The first kappa shape index (κ1) is 12.6. The number of carbonyl (C=O) groups is 1. The van der Waals surface area contributed by atoms with Gasteiger partial charge in [-0.1, -0.05) is 0 Å². The summed E-state index contributed by atoms with van der Waals surface area (Å²) in [5, 5.41) is 6.72. The molecule has 1 aromatic rings. The maximum absolute atomic E-state index is 11.1. The molecule has 5 heteroatoms. The molecule has 0 saturated heterocycles. The maximum atomic E-state index is 11.1. The molecule has 20 heavy (non-hydrogen) atoms. The molecule has 3 aliphatic carbocycles. The Hall–Kier alpha value is -1.10. The number of hydrogen-bond donors (Lipinski definition) is 1. The minimum atomic E-state index is -0.166. The summed E-state index contributed by atoms with van der Waals surface area (Å²) in [6, 6.07) is 0.681. The van der Waals surface area contributed by atoms with Gasteiger partial charge in [0.05, 0.1) is 19.2 Å². The third kappa shape index (κ3) is 2.03. The first-order chi connectivity index (χ1) is 9.76. The largest absolute Gasteiger partial charge is 0.469 e. The summed E-state index contributed by atoms with van der Waals surface area (Å²) >= 11 is 1.66. The Kier molecular flexibility index (Phi) is 2.98. The van der Waals surface area contributed by atoms with Gasteiger partial charge in [0, 0.05) is 17.8 Å².